The average Bonchev–Trinajstić information content (AvgIpc) is 3.40. The van der Waals surface area contributed by atoms with Gasteiger partial charge in [-0.1, -0.05) is 91.0 Å². The molecule has 0 aliphatic heterocycles. The van der Waals surface area contributed by atoms with Crippen LogP contribution in [0.4, 0.5) is 0 Å². The van der Waals surface area contributed by atoms with E-state index in [0.717, 1.165) is 22.4 Å². The zero-order chi connectivity index (χ0) is 27.3. The largest absolute Gasteiger partial charge is 0.309 e. The molecule has 0 saturated carbocycles. The van der Waals surface area contributed by atoms with Gasteiger partial charge in [0.15, 0.2) is 0 Å². The Morgan fingerprint density at radius 2 is 1.27 bits per heavy atom. The highest BCUT2D eigenvalue weighted by atomic mass is 15.0. The van der Waals surface area contributed by atoms with Gasteiger partial charge in [-0.25, -0.2) is 0 Å². The second-order valence-corrected chi connectivity index (χ2v) is 10.4. The predicted molar refractivity (Wildman–Crippen MR) is 169 cm³/mol. The fraction of sp³-hybridized carbons (Fsp3) is 0. The first-order valence-corrected chi connectivity index (χ1v) is 13.7. The highest BCUT2D eigenvalue weighted by Crippen LogP contribution is 2.44. The van der Waals surface area contributed by atoms with E-state index in [9.17, 15) is 5.26 Å². The summed E-state index contributed by atoms with van der Waals surface area (Å²) >= 11 is 0. The second-order valence-electron chi connectivity index (χ2n) is 10.4. The minimum atomic E-state index is 0.555. The van der Waals surface area contributed by atoms with Crippen LogP contribution in [-0.4, -0.2) is 9.55 Å². The first kappa shape index (κ1) is 23.2. The maximum absolute atomic E-state index is 9.41. The molecule has 8 aromatic rings. The Morgan fingerprint density at radius 3 is 2.12 bits per heavy atom. The Bertz CT molecular complexity index is 2320. The van der Waals surface area contributed by atoms with E-state index in [1.165, 1.54) is 48.9 Å². The van der Waals surface area contributed by atoms with Gasteiger partial charge in [0.05, 0.1) is 16.6 Å². The smallest absolute Gasteiger partial charge is 0.101 e. The normalized spacial score (nSPS) is 11.4. The Labute approximate surface area is 237 Å². The zero-order valence-electron chi connectivity index (χ0n) is 22.1. The summed E-state index contributed by atoms with van der Waals surface area (Å²) in [5, 5.41) is 16.9. The van der Waals surface area contributed by atoms with Gasteiger partial charge in [0.1, 0.15) is 6.07 Å². The van der Waals surface area contributed by atoms with Gasteiger partial charge in [-0.2, -0.15) is 5.26 Å². The van der Waals surface area contributed by atoms with Crippen molar-refractivity contribution in [3.63, 3.8) is 0 Å². The van der Waals surface area contributed by atoms with Crippen LogP contribution in [0.5, 0.6) is 0 Å². The molecule has 3 heteroatoms. The molecule has 0 spiro atoms. The van der Waals surface area contributed by atoms with E-state index in [0.29, 0.717) is 5.56 Å². The van der Waals surface area contributed by atoms with Crippen LogP contribution in [0.2, 0.25) is 0 Å². The van der Waals surface area contributed by atoms with Crippen molar-refractivity contribution in [2.45, 2.75) is 0 Å². The number of hydrogen-bond acceptors (Lipinski definition) is 2. The lowest BCUT2D eigenvalue weighted by Gasteiger charge is -2.13. The number of nitriles is 1. The Kier molecular flexibility index (Phi) is 5.20. The second kappa shape index (κ2) is 9.19. The Morgan fingerprint density at radius 1 is 0.537 bits per heavy atom. The van der Waals surface area contributed by atoms with Gasteiger partial charge in [-0.15, -0.1) is 0 Å². The van der Waals surface area contributed by atoms with E-state index in [1.807, 2.05) is 12.3 Å². The summed E-state index contributed by atoms with van der Waals surface area (Å²) in [6.07, 6.45) is 3.42. The molecule has 0 fully saturated rings. The standard InChI is InChI=1S/C38H23N3/c39-22-25-19-29(24-40-23-25)27-10-8-11-28(20-27)34-21-36-38(33-16-7-6-15-32(33)34)37-31-14-5-4-9-26(31)17-18-35(37)41(36)30-12-2-1-3-13-30/h1-21,23-24H. The number of nitrogens with zero attached hydrogens (tertiary/aromatic N) is 3. The van der Waals surface area contributed by atoms with Crippen molar-refractivity contribution in [1.82, 2.24) is 9.55 Å². The number of hydrogen-bond donors (Lipinski definition) is 0. The highest BCUT2D eigenvalue weighted by Gasteiger charge is 2.19. The van der Waals surface area contributed by atoms with Crippen molar-refractivity contribution >= 4 is 43.4 Å². The van der Waals surface area contributed by atoms with Gasteiger partial charge >= 0.3 is 0 Å². The van der Waals surface area contributed by atoms with Gasteiger partial charge in [-0.3, -0.25) is 4.98 Å². The van der Waals surface area contributed by atoms with Crippen LogP contribution < -0.4 is 0 Å². The molecule has 6 aromatic carbocycles. The van der Waals surface area contributed by atoms with Crippen LogP contribution in [-0.2, 0) is 0 Å². The monoisotopic (exact) mass is 521 g/mol. The lowest BCUT2D eigenvalue weighted by Crippen LogP contribution is -1.94. The number of fused-ring (bicyclic) bond motifs is 7. The summed E-state index contributed by atoms with van der Waals surface area (Å²) in [4.78, 5) is 4.29. The van der Waals surface area contributed by atoms with Crippen LogP contribution in [0, 0.1) is 11.3 Å². The van der Waals surface area contributed by atoms with Crippen molar-refractivity contribution in [2.75, 3.05) is 0 Å². The van der Waals surface area contributed by atoms with Crippen molar-refractivity contribution in [3.8, 4) is 34.0 Å². The molecule has 8 rings (SSSR count). The molecule has 0 bridgehead atoms. The molecule has 0 amide bonds. The molecule has 2 aromatic heterocycles. The van der Waals surface area contributed by atoms with Crippen LogP contribution in [0.25, 0.3) is 71.3 Å². The number of rotatable bonds is 3. The number of pyridine rings is 1. The molecular weight excluding hydrogens is 498 g/mol. The zero-order valence-corrected chi connectivity index (χ0v) is 22.1. The first-order chi connectivity index (χ1) is 20.3. The molecule has 0 atom stereocenters. The third kappa shape index (κ3) is 3.62. The molecule has 0 radical (unpaired) electrons. The van der Waals surface area contributed by atoms with E-state index in [2.05, 4.69) is 137 Å². The van der Waals surface area contributed by atoms with Crippen molar-refractivity contribution < 1.29 is 0 Å². The molecule has 0 aliphatic rings. The quantitative estimate of drug-likeness (QED) is 0.232. The number of aromatic nitrogens is 2. The fourth-order valence-corrected chi connectivity index (χ4v) is 6.26. The maximum atomic E-state index is 9.41. The predicted octanol–water partition coefficient (Wildman–Crippen LogP) is 9.69. The van der Waals surface area contributed by atoms with Gasteiger partial charge in [0.2, 0.25) is 0 Å². The van der Waals surface area contributed by atoms with Crippen LogP contribution in [0.15, 0.2) is 140 Å². The Hall–Kier alpha value is -5.72. The number of benzene rings is 6. The Balaban J connectivity index is 1.51. The van der Waals surface area contributed by atoms with Gasteiger partial charge in [0.25, 0.3) is 0 Å². The van der Waals surface area contributed by atoms with Gasteiger partial charge < -0.3 is 4.57 Å². The van der Waals surface area contributed by atoms with Crippen molar-refractivity contribution in [1.29, 1.82) is 5.26 Å². The molecule has 0 aliphatic carbocycles. The molecular formula is C38H23N3. The average molecular weight is 522 g/mol. The van der Waals surface area contributed by atoms with E-state index >= 15 is 0 Å². The summed E-state index contributed by atoms with van der Waals surface area (Å²) in [5.41, 5.74) is 8.32. The molecule has 190 valence electrons. The SMILES string of the molecule is N#Cc1cncc(-c2cccc(-c3cc4c(c5ccccc35)c3c5ccccc5ccc3n4-c3ccccc3)c2)c1. The minimum Gasteiger partial charge on any atom is -0.309 e. The van der Waals surface area contributed by atoms with E-state index in [-0.39, 0.29) is 0 Å². The van der Waals surface area contributed by atoms with E-state index < -0.39 is 0 Å². The molecule has 2 heterocycles. The summed E-state index contributed by atoms with van der Waals surface area (Å²) < 4.78 is 2.40. The maximum Gasteiger partial charge on any atom is 0.101 e. The molecule has 3 nitrogen and oxygen atoms in total. The summed E-state index contributed by atoms with van der Waals surface area (Å²) in [7, 11) is 0. The third-order valence-electron chi connectivity index (χ3n) is 8.05. The van der Waals surface area contributed by atoms with Crippen LogP contribution in [0.1, 0.15) is 5.56 Å². The first-order valence-electron chi connectivity index (χ1n) is 13.7. The highest BCUT2D eigenvalue weighted by molar-refractivity contribution is 6.30. The summed E-state index contributed by atoms with van der Waals surface area (Å²) in [6, 6.07) is 47.5. The van der Waals surface area contributed by atoms with Crippen LogP contribution >= 0.6 is 0 Å². The number of para-hydroxylation sites is 1. The summed E-state index contributed by atoms with van der Waals surface area (Å²) in [5.74, 6) is 0. The molecule has 41 heavy (non-hydrogen) atoms. The van der Waals surface area contributed by atoms with Crippen molar-refractivity contribution in [2.24, 2.45) is 0 Å². The van der Waals surface area contributed by atoms with Crippen molar-refractivity contribution in [3.05, 3.63) is 145 Å². The van der Waals surface area contributed by atoms with E-state index in [4.69, 9.17) is 0 Å². The molecule has 0 unspecified atom stereocenters. The lowest BCUT2D eigenvalue weighted by atomic mass is 9.92. The van der Waals surface area contributed by atoms with Gasteiger partial charge in [-0.05, 0) is 74.6 Å². The summed E-state index contributed by atoms with van der Waals surface area (Å²) in [6.45, 7) is 0. The van der Waals surface area contributed by atoms with Crippen LogP contribution in [0.3, 0.4) is 0 Å². The third-order valence-corrected chi connectivity index (χ3v) is 8.05. The minimum absolute atomic E-state index is 0.555. The lowest BCUT2D eigenvalue weighted by molar-refractivity contribution is 1.18. The molecule has 0 saturated heterocycles. The van der Waals surface area contributed by atoms with E-state index in [1.54, 1.807) is 6.20 Å². The fourth-order valence-electron chi connectivity index (χ4n) is 6.26. The molecule has 0 N–H and O–H groups in total. The van der Waals surface area contributed by atoms with Gasteiger partial charge in [0, 0.05) is 34.4 Å². The topological polar surface area (TPSA) is 41.6 Å².